The van der Waals surface area contributed by atoms with Gasteiger partial charge in [0.1, 0.15) is 0 Å². The van der Waals surface area contributed by atoms with E-state index in [1.54, 1.807) is 0 Å². The average molecular weight is 259 g/mol. The maximum atomic E-state index is 3.81. The summed E-state index contributed by atoms with van der Waals surface area (Å²) in [6, 6.07) is 10.4. The SMILES string of the molecule is Cc1ccc(N2CCC(N[C@H]3CCNC3)CC2)cc1. The van der Waals surface area contributed by atoms with Gasteiger partial charge >= 0.3 is 0 Å². The second-order valence-electron chi connectivity index (χ2n) is 5.95. The van der Waals surface area contributed by atoms with Crippen LogP contribution in [0.1, 0.15) is 24.8 Å². The van der Waals surface area contributed by atoms with Gasteiger partial charge in [-0.3, -0.25) is 0 Å². The van der Waals surface area contributed by atoms with E-state index in [0.717, 1.165) is 6.54 Å². The molecule has 2 aliphatic rings. The molecule has 1 atom stereocenters. The lowest BCUT2D eigenvalue weighted by Gasteiger charge is -2.35. The fourth-order valence-corrected chi connectivity index (χ4v) is 3.19. The smallest absolute Gasteiger partial charge is 0.0366 e. The summed E-state index contributed by atoms with van der Waals surface area (Å²) in [5, 5.41) is 7.24. The number of hydrogen-bond donors (Lipinski definition) is 2. The fraction of sp³-hybridized carbons (Fsp3) is 0.625. The molecule has 0 bridgehead atoms. The standard InChI is InChI=1S/C16H25N3/c1-13-2-4-16(5-3-13)19-10-7-14(8-11-19)18-15-6-9-17-12-15/h2-5,14-15,17-18H,6-12H2,1H3/t15-/m0/s1. The van der Waals surface area contributed by atoms with Crippen molar-refractivity contribution in [2.45, 2.75) is 38.3 Å². The molecule has 0 radical (unpaired) electrons. The molecule has 19 heavy (non-hydrogen) atoms. The highest BCUT2D eigenvalue weighted by molar-refractivity contribution is 5.47. The summed E-state index contributed by atoms with van der Waals surface area (Å²) in [6.07, 6.45) is 3.83. The molecule has 0 aliphatic carbocycles. The van der Waals surface area contributed by atoms with Crippen LogP contribution in [0.4, 0.5) is 5.69 Å². The van der Waals surface area contributed by atoms with E-state index in [1.165, 1.54) is 50.1 Å². The molecular weight excluding hydrogens is 234 g/mol. The minimum Gasteiger partial charge on any atom is -0.371 e. The topological polar surface area (TPSA) is 27.3 Å². The van der Waals surface area contributed by atoms with Crippen molar-refractivity contribution in [3.63, 3.8) is 0 Å². The number of anilines is 1. The maximum Gasteiger partial charge on any atom is 0.0366 e. The zero-order valence-corrected chi connectivity index (χ0v) is 11.9. The molecule has 3 rings (SSSR count). The van der Waals surface area contributed by atoms with Crippen molar-refractivity contribution in [2.24, 2.45) is 0 Å². The van der Waals surface area contributed by atoms with Crippen LogP contribution in [0.25, 0.3) is 0 Å². The van der Waals surface area contributed by atoms with Gasteiger partial charge in [0.25, 0.3) is 0 Å². The van der Waals surface area contributed by atoms with Crippen LogP contribution in [0.2, 0.25) is 0 Å². The van der Waals surface area contributed by atoms with E-state index in [0.29, 0.717) is 12.1 Å². The van der Waals surface area contributed by atoms with E-state index in [4.69, 9.17) is 0 Å². The Morgan fingerprint density at radius 3 is 2.42 bits per heavy atom. The summed E-state index contributed by atoms with van der Waals surface area (Å²) in [7, 11) is 0. The van der Waals surface area contributed by atoms with Crippen molar-refractivity contribution in [3.05, 3.63) is 29.8 Å². The van der Waals surface area contributed by atoms with Crippen molar-refractivity contribution in [1.29, 1.82) is 0 Å². The van der Waals surface area contributed by atoms with Crippen molar-refractivity contribution >= 4 is 5.69 Å². The lowest BCUT2D eigenvalue weighted by Crippen LogP contribution is -2.46. The van der Waals surface area contributed by atoms with Gasteiger partial charge in [-0.05, 0) is 44.9 Å². The van der Waals surface area contributed by atoms with Crippen LogP contribution in [0.5, 0.6) is 0 Å². The summed E-state index contributed by atoms with van der Waals surface area (Å²) in [6.45, 7) is 6.84. The van der Waals surface area contributed by atoms with Crippen molar-refractivity contribution in [2.75, 3.05) is 31.1 Å². The third-order valence-corrected chi connectivity index (χ3v) is 4.43. The Labute approximate surface area is 116 Å². The summed E-state index contributed by atoms with van der Waals surface area (Å²) in [5.41, 5.74) is 2.72. The first-order valence-electron chi connectivity index (χ1n) is 7.59. The molecule has 2 N–H and O–H groups in total. The Kier molecular flexibility index (Phi) is 4.04. The summed E-state index contributed by atoms with van der Waals surface area (Å²) in [5.74, 6) is 0. The van der Waals surface area contributed by atoms with Gasteiger partial charge in [-0.25, -0.2) is 0 Å². The van der Waals surface area contributed by atoms with Crippen molar-refractivity contribution in [1.82, 2.24) is 10.6 Å². The first kappa shape index (κ1) is 12.9. The first-order chi connectivity index (χ1) is 9.31. The molecule has 2 saturated heterocycles. The van der Waals surface area contributed by atoms with Crippen LogP contribution < -0.4 is 15.5 Å². The monoisotopic (exact) mass is 259 g/mol. The second kappa shape index (κ2) is 5.93. The fourth-order valence-electron chi connectivity index (χ4n) is 3.19. The molecule has 0 amide bonds. The summed E-state index contributed by atoms with van der Waals surface area (Å²) >= 11 is 0. The molecule has 104 valence electrons. The number of nitrogens with one attached hydrogen (secondary N) is 2. The van der Waals surface area contributed by atoms with Gasteiger partial charge in [0.05, 0.1) is 0 Å². The maximum absolute atomic E-state index is 3.81. The van der Waals surface area contributed by atoms with Crippen LogP contribution in [-0.2, 0) is 0 Å². The average Bonchev–Trinajstić information content (AvgIpc) is 2.94. The van der Waals surface area contributed by atoms with Crippen LogP contribution in [0.15, 0.2) is 24.3 Å². The lowest BCUT2D eigenvalue weighted by atomic mass is 10.0. The van der Waals surface area contributed by atoms with Crippen LogP contribution in [-0.4, -0.2) is 38.3 Å². The number of aryl methyl sites for hydroxylation is 1. The molecular formula is C16H25N3. The van der Waals surface area contributed by atoms with Gasteiger partial charge in [0.15, 0.2) is 0 Å². The quantitative estimate of drug-likeness (QED) is 0.868. The number of piperidine rings is 1. The summed E-state index contributed by atoms with van der Waals surface area (Å²) in [4.78, 5) is 2.52. The predicted octanol–water partition coefficient (Wildman–Crippen LogP) is 1.92. The second-order valence-corrected chi connectivity index (χ2v) is 5.95. The largest absolute Gasteiger partial charge is 0.371 e. The number of nitrogens with zero attached hydrogens (tertiary/aromatic N) is 1. The molecule has 2 aliphatic heterocycles. The van der Waals surface area contributed by atoms with Crippen molar-refractivity contribution < 1.29 is 0 Å². The van der Waals surface area contributed by atoms with Gasteiger partial charge in [0.2, 0.25) is 0 Å². The minimum absolute atomic E-state index is 0.705. The molecule has 2 fully saturated rings. The number of benzene rings is 1. The van der Waals surface area contributed by atoms with Crippen molar-refractivity contribution in [3.8, 4) is 0 Å². The van der Waals surface area contributed by atoms with E-state index in [9.17, 15) is 0 Å². The first-order valence-corrected chi connectivity index (χ1v) is 7.59. The Balaban J connectivity index is 1.50. The highest BCUT2D eigenvalue weighted by Gasteiger charge is 2.23. The zero-order chi connectivity index (χ0) is 13.1. The Morgan fingerprint density at radius 1 is 1.05 bits per heavy atom. The molecule has 3 nitrogen and oxygen atoms in total. The number of rotatable bonds is 3. The highest BCUT2D eigenvalue weighted by Crippen LogP contribution is 2.20. The van der Waals surface area contributed by atoms with Gasteiger partial charge < -0.3 is 15.5 Å². The third-order valence-electron chi connectivity index (χ3n) is 4.43. The Hall–Kier alpha value is -1.06. The van der Waals surface area contributed by atoms with Gasteiger partial charge in [-0.1, -0.05) is 17.7 Å². The molecule has 3 heteroatoms. The molecule has 2 heterocycles. The van der Waals surface area contributed by atoms with E-state index < -0.39 is 0 Å². The highest BCUT2D eigenvalue weighted by atomic mass is 15.2. The van der Waals surface area contributed by atoms with Crippen LogP contribution >= 0.6 is 0 Å². The van der Waals surface area contributed by atoms with Gasteiger partial charge in [-0.15, -0.1) is 0 Å². The van der Waals surface area contributed by atoms with E-state index >= 15 is 0 Å². The van der Waals surface area contributed by atoms with Gasteiger partial charge in [0, 0.05) is 37.4 Å². The Bertz CT molecular complexity index is 387. The number of hydrogen-bond acceptors (Lipinski definition) is 3. The molecule has 0 saturated carbocycles. The molecule has 1 aromatic rings. The van der Waals surface area contributed by atoms with E-state index in [-0.39, 0.29) is 0 Å². The van der Waals surface area contributed by atoms with Crippen LogP contribution in [0, 0.1) is 6.92 Å². The van der Waals surface area contributed by atoms with Crippen LogP contribution in [0.3, 0.4) is 0 Å². The lowest BCUT2D eigenvalue weighted by molar-refractivity contribution is 0.375. The third kappa shape index (κ3) is 3.28. The molecule has 0 aromatic heterocycles. The predicted molar refractivity (Wildman–Crippen MR) is 80.8 cm³/mol. The van der Waals surface area contributed by atoms with E-state index in [1.807, 2.05) is 0 Å². The summed E-state index contributed by atoms with van der Waals surface area (Å²) < 4.78 is 0. The zero-order valence-electron chi connectivity index (χ0n) is 11.9. The molecule has 1 aromatic carbocycles. The minimum atomic E-state index is 0.705. The normalized spacial score (nSPS) is 24.9. The van der Waals surface area contributed by atoms with E-state index in [2.05, 4.69) is 46.7 Å². The van der Waals surface area contributed by atoms with Gasteiger partial charge in [-0.2, -0.15) is 0 Å². The molecule has 0 unspecified atom stereocenters. The Morgan fingerprint density at radius 2 is 1.79 bits per heavy atom. The molecule has 0 spiro atoms.